The minimum absolute atomic E-state index is 0.169. The maximum Gasteiger partial charge on any atom is 0.338 e. The largest absolute Gasteiger partial charge is 0.462 e. The van der Waals surface area contributed by atoms with Crippen molar-refractivity contribution in [2.45, 2.75) is 25.2 Å². The third-order valence-electron chi connectivity index (χ3n) is 3.12. The monoisotopic (exact) mass is 333 g/mol. The Bertz CT molecular complexity index is 782. The van der Waals surface area contributed by atoms with E-state index in [1.165, 1.54) is 18.2 Å². The fraction of sp³-hybridized carbons (Fsp3) is 0.235. The SMILES string of the molecule is CCCOC(=O)c1cccc(NS(=O)(=O)c2ccc(C)cc2)c1. The highest BCUT2D eigenvalue weighted by molar-refractivity contribution is 7.92. The molecule has 0 aromatic heterocycles. The van der Waals surface area contributed by atoms with Gasteiger partial charge in [-0.1, -0.05) is 30.7 Å². The first-order chi connectivity index (χ1) is 10.9. The summed E-state index contributed by atoms with van der Waals surface area (Å²) >= 11 is 0. The first-order valence-corrected chi connectivity index (χ1v) is 8.77. The fourth-order valence-electron chi connectivity index (χ4n) is 1.92. The lowest BCUT2D eigenvalue weighted by atomic mass is 10.2. The Labute approximate surface area is 136 Å². The summed E-state index contributed by atoms with van der Waals surface area (Å²) in [5.74, 6) is -0.469. The number of ether oxygens (including phenoxy) is 1. The molecule has 0 fully saturated rings. The number of aryl methyl sites for hydroxylation is 1. The smallest absolute Gasteiger partial charge is 0.338 e. The number of benzene rings is 2. The molecular weight excluding hydrogens is 314 g/mol. The molecule has 2 aromatic rings. The first-order valence-electron chi connectivity index (χ1n) is 7.29. The van der Waals surface area contributed by atoms with Gasteiger partial charge in [0.05, 0.1) is 17.1 Å². The van der Waals surface area contributed by atoms with E-state index in [1.54, 1.807) is 30.3 Å². The van der Waals surface area contributed by atoms with Gasteiger partial charge in [-0.2, -0.15) is 0 Å². The lowest BCUT2D eigenvalue weighted by Gasteiger charge is -2.10. The molecule has 0 spiro atoms. The minimum atomic E-state index is -3.69. The number of carbonyl (C=O) groups excluding carboxylic acids is 1. The number of nitrogens with one attached hydrogen (secondary N) is 1. The molecule has 0 saturated heterocycles. The predicted octanol–water partition coefficient (Wildman–Crippen LogP) is 3.36. The van der Waals surface area contributed by atoms with Crippen molar-refractivity contribution in [3.8, 4) is 0 Å². The van der Waals surface area contributed by atoms with Crippen LogP contribution < -0.4 is 4.72 Å². The second-order valence-electron chi connectivity index (χ2n) is 5.14. The lowest BCUT2D eigenvalue weighted by molar-refractivity contribution is 0.0505. The maximum absolute atomic E-state index is 12.3. The highest BCUT2D eigenvalue weighted by Gasteiger charge is 2.15. The Balaban J connectivity index is 2.19. The molecule has 0 aliphatic heterocycles. The molecule has 2 rings (SSSR count). The highest BCUT2D eigenvalue weighted by atomic mass is 32.2. The molecule has 0 aliphatic carbocycles. The van der Waals surface area contributed by atoms with E-state index in [4.69, 9.17) is 4.74 Å². The van der Waals surface area contributed by atoms with Gasteiger partial charge < -0.3 is 4.74 Å². The molecule has 0 atom stereocenters. The zero-order chi connectivity index (χ0) is 16.9. The molecule has 2 aromatic carbocycles. The zero-order valence-electron chi connectivity index (χ0n) is 13.1. The fourth-order valence-corrected chi connectivity index (χ4v) is 2.97. The number of rotatable bonds is 6. The van der Waals surface area contributed by atoms with Crippen LogP contribution in [0.2, 0.25) is 0 Å². The summed E-state index contributed by atoms with van der Waals surface area (Å²) in [6.45, 7) is 4.12. The van der Waals surface area contributed by atoms with Crippen LogP contribution in [-0.4, -0.2) is 21.0 Å². The minimum Gasteiger partial charge on any atom is -0.462 e. The van der Waals surface area contributed by atoms with Crippen molar-refractivity contribution in [2.24, 2.45) is 0 Å². The van der Waals surface area contributed by atoms with Crippen LogP contribution in [0.4, 0.5) is 5.69 Å². The number of esters is 1. The summed E-state index contributed by atoms with van der Waals surface area (Å²) in [7, 11) is -3.69. The molecule has 23 heavy (non-hydrogen) atoms. The average molecular weight is 333 g/mol. The van der Waals surface area contributed by atoms with Gasteiger partial charge in [0.1, 0.15) is 0 Å². The van der Waals surface area contributed by atoms with Gasteiger partial charge in [-0.15, -0.1) is 0 Å². The first kappa shape index (κ1) is 17.0. The number of anilines is 1. The Morgan fingerprint density at radius 1 is 1.13 bits per heavy atom. The summed E-state index contributed by atoms with van der Waals surface area (Å²) in [6.07, 6.45) is 0.728. The summed E-state index contributed by atoms with van der Waals surface area (Å²) in [6, 6.07) is 12.8. The molecule has 0 heterocycles. The van der Waals surface area contributed by atoms with Crippen molar-refractivity contribution in [3.05, 3.63) is 59.7 Å². The standard InChI is InChI=1S/C17H19NO4S/c1-3-11-22-17(19)14-5-4-6-15(12-14)18-23(20,21)16-9-7-13(2)8-10-16/h4-10,12,18H,3,11H2,1-2H3. The van der Waals surface area contributed by atoms with E-state index in [0.717, 1.165) is 12.0 Å². The summed E-state index contributed by atoms with van der Waals surface area (Å²) in [5, 5.41) is 0. The van der Waals surface area contributed by atoms with Crippen molar-refractivity contribution in [2.75, 3.05) is 11.3 Å². The normalized spacial score (nSPS) is 11.0. The molecule has 0 aliphatic rings. The van der Waals surface area contributed by atoms with E-state index in [2.05, 4.69) is 4.72 Å². The molecular formula is C17H19NO4S. The van der Waals surface area contributed by atoms with Crippen LogP contribution in [0, 0.1) is 6.92 Å². The maximum atomic E-state index is 12.3. The van der Waals surface area contributed by atoms with Crippen LogP contribution in [0.5, 0.6) is 0 Å². The van der Waals surface area contributed by atoms with Gasteiger partial charge in [0.15, 0.2) is 0 Å². The molecule has 6 heteroatoms. The Morgan fingerprint density at radius 3 is 2.48 bits per heavy atom. The van der Waals surface area contributed by atoms with E-state index in [9.17, 15) is 13.2 Å². The second-order valence-corrected chi connectivity index (χ2v) is 6.82. The number of sulfonamides is 1. The van der Waals surface area contributed by atoms with E-state index < -0.39 is 16.0 Å². The molecule has 1 N–H and O–H groups in total. The predicted molar refractivity (Wildman–Crippen MR) is 89.0 cm³/mol. The molecule has 0 radical (unpaired) electrons. The van der Waals surface area contributed by atoms with Crippen molar-refractivity contribution < 1.29 is 17.9 Å². The third-order valence-corrected chi connectivity index (χ3v) is 4.52. The quantitative estimate of drug-likeness (QED) is 0.823. The van der Waals surface area contributed by atoms with Crippen LogP contribution in [0.15, 0.2) is 53.4 Å². The van der Waals surface area contributed by atoms with Crippen molar-refractivity contribution in [1.29, 1.82) is 0 Å². The Morgan fingerprint density at radius 2 is 1.83 bits per heavy atom. The molecule has 0 unspecified atom stereocenters. The van der Waals surface area contributed by atoms with Crippen molar-refractivity contribution >= 4 is 21.7 Å². The molecule has 5 nitrogen and oxygen atoms in total. The average Bonchev–Trinajstić information content (AvgIpc) is 2.53. The molecule has 0 bridgehead atoms. The van der Waals surface area contributed by atoms with Crippen LogP contribution in [-0.2, 0) is 14.8 Å². The van der Waals surface area contributed by atoms with Gasteiger partial charge in [0.2, 0.25) is 0 Å². The number of hydrogen-bond acceptors (Lipinski definition) is 4. The number of hydrogen-bond donors (Lipinski definition) is 1. The van der Waals surface area contributed by atoms with Crippen LogP contribution in [0.25, 0.3) is 0 Å². The van der Waals surface area contributed by atoms with E-state index in [-0.39, 0.29) is 4.90 Å². The molecule has 122 valence electrons. The van der Waals surface area contributed by atoms with Crippen LogP contribution in [0.1, 0.15) is 29.3 Å². The van der Waals surface area contributed by atoms with Crippen molar-refractivity contribution in [3.63, 3.8) is 0 Å². The van der Waals surface area contributed by atoms with Gasteiger partial charge in [-0.05, 0) is 43.7 Å². The van der Waals surface area contributed by atoms with Gasteiger partial charge in [0.25, 0.3) is 10.0 Å². The van der Waals surface area contributed by atoms with E-state index >= 15 is 0 Å². The number of carbonyl (C=O) groups is 1. The topological polar surface area (TPSA) is 72.5 Å². The summed E-state index contributed by atoms with van der Waals surface area (Å²) < 4.78 is 32.2. The Kier molecular flexibility index (Phi) is 5.39. The van der Waals surface area contributed by atoms with Crippen LogP contribution in [0.3, 0.4) is 0 Å². The van der Waals surface area contributed by atoms with Gasteiger partial charge in [0, 0.05) is 5.69 Å². The summed E-state index contributed by atoms with van der Waals surface area (Å²) in [4.78, 5) is 12.0. The summed E-state index contributed by atoms with van der Waals surface area (Å²) in [5.41, 5.74) is 1.60. The highest BCUT2D eigenvalue weighted by Crippen LogP contribution is 2.18. The van der Waals surface area contributed by atoms with Gasteiger partial charge in [-0.3, -0.25) is 4.72 Å². The lowest BCUT2D eigenvalue weighted by Crippen LogP contribution is -2.13. The molecule has 0 saturated carbocycles. The third kappa shape index (κ3) is 4.56. The van der Waals surface area contributed by atoms with Crippen LogP contribution >= 0.6 is 0 Å². The van der Waals surface area contributed by atoms with Crippen molar-refractivity contribution in [1.82, 2.24) is 0 Å². The zero-order valence-corrected chi connectivity index (χ0v) is 13.9. The molecule has 0 amide bonds. The second kappa shape index (κ2) is 7.28. The van der Waals surface area contributed by atoms with Gasteiger partial charge >= 0.3 is 5.97 Å². The van der Waals surface area contributed by atoms with E-state index in [1.807, 2.05) is 13.8 Å². The van der Waals surface area contributed by atoms with E-state index in [0.29, 0.717) is 17.9 Å². The Hall–Kier alpha value is -2.34. The van der Waals surface area contributed by atoms with Gasteiger partial charge in [-0.25, -0.2) is 13.2 Å².